The Bertz CT molecular complexity index is 552. The number of methoxy groups -OCH3 is 1. The molecular weight excluding hydrogens is 260 g/mol. The molecule has 0 spiro atoms. The third kappa shape index (κ3) is 3.20. The quantitative estimate of drug-likeness (QED) is 0.726. The summed E-state index contributed by atoms with van der Waals surface area (Å²) in [4.78, 5) is 0. The summed E-state index contributed by atoms with van der Waals surface area (Å²) in [6.07, 6.45) is 1.78. The Morgan fingerprint density at radius 2 is 1.84 bits per heavy atom. The Morgan fingerprint density at radius 3 is 2.53 bits per heavy atom. The normalized spacial score (nSPS) is 10.9. The predicted molar refractivity (Wildman–Crippen MR) is 80.3 cm³/mol. The molecule has 0 unspecified atom stereocenters. The van der Waals surface area contributed by atoms with Crippen molar-refractivity contribution in [2.45, 2.75) is 19.8 Å². The van der Waals surface area contributed by atoms with Crippen LogP contribution < -0.4 is 4.74 Å². The highest BCUT2D eigenvalue weighted by atomic mass is 35.5. The zero-order valence-electron chi connectivity index (χ0n) is 11.4. The van der Waals surface area contributed by atoms with Crippen molar-refractivity contribution in [3.8, 4) is 5.75 Å². The van der Waals surface area contributed by atoms with E-state index in [4.69, 9.17) is 21.1 Å². The Morgan fingerprint density at radius 1 is 1.11 bits per heavy atom. The standard InChI is InChI=1S/C16H19ClO2/c1-3-12-11-15(19-10-6-9-18-2)13-7-4-5-8-14(13)16(12)17/h4-5,7-8,11H,3,6,9-10H2,1-2H3. The number of hydrogen-bond acceptors (Lipinski definition) is 2. The summed E-state index contributed by atoms with van der Waals surface area (Å²) in [5.74, 6) is 0.910. The Balaban J connectivity index is 2.33. The topological polar surface area (TPSA) is 18.5 Å². The minimum absolute atomic E-state index is 0.655. The molecule has 2 aromatic rings. The van der Waals surface area contributed by atoms with E-state index in [0.717, 1.165) is 39.9 Å². The molecule has 0 N–H and O–H groups in total. The summed E-state index contributed by atoms with van der Waals surface area (Å²) in [6, 6.07) is 10.2. The molecule has 0 aliphatic carbocycles. The lowest BCUT2D eigenvalue weighted by Gasteiger charge is -2.13. The lowest BCUT2D eigenvalue weighted by atomic mass is 10.0. The number of ether oxygens (including phenoxy) is 2. The smallest absolute Gasteiger partial charge is 0.127 e. The van der Waals surface area contributed by atoms with Crippen molar-refractivity contribution in [3.63, 3.8) is 0 Å². The SMILES string of the molecule is CCc1cc(OCCCOC)c2ccccc2c1Cl. The molecule has 19 heavy (non-hydrogen) atoms. The maximum Gasteiger partial charge on any atom is 0.127 e. The molecule has 2 aromatic carbocycles. The molecule has 0 amide bonds. The van der Waals surface area contributed by atoms with Gasteiger partial charge in [0.25, 0.3) is 0 Å². The molecule has 3 heteroatoms. The third-order valence-electron chi connectivity index (χ3n) is 3.15. The molecule has 2 nitrogen and oxygen atoms in total. The first-order valence-electron chi connectivity index (χ1n) is 6.59. The van der Waals surface area contributed by atoms with Crippen LogP contribution in [0.5, 0.6) is 5.75 Å². The van der Waals surface area contributed by atoms with Crippen molar-refractivity contribution in [2.24, 2.45) is 0 Å². The Kier molecular flexibility index (Phi) is 5.06. The fourth-order valence-electron chi connectivity index (χ4n) is 2.12. The first kappa shape index (κ1) is 14.2. The van der Waals surface area contributed by atoms with E-state index < -0.39 is 0 Å². The summed E-state index contributed by atoms with van der Waals surface area (Å²) in [7, 11) is 1.70. The molecule has 0 saturated carbocycles. The zero-order valence-corrected chi connectivity index (χ0v) is 12.2. The minimum atomic E-state index is 0.655. The molecule has 102 valence electrons. The average Bonchev–Trinajstić information content (AvgIpc) is 2.46. The van der Waals surface area contributed by atoms with Crippen molar-refractivity contribution in [1.29, 1.82) is 0 Å². The van der Waals surface area contributed by atoms with Crippen LogP contribution in [0.1, 0.15) is 18.9 Å². The fraction of sp³-hybridized carbons (Fsp3) is 0.375. The van der Waals surface area contributed by atoms with E-state index in [1.54, 1.807) is 7.11 Å². The van der Waals surface area contributed by atoms with Gasteiger partial charge in [0.15, 0.2) is 0 Å². The molecule has 0 bridgehead atoms. The first-order valence-corrected chi connectivity index (χ1v) is 6.97. The van der Waals surface area contributed by atoms with Crippen LogP contribution >= 0.6 is 11.6 Å². The van der Waals surface area contributed by atoms with Crippen molar-refractivity contribution in [2.75, 3.05) is 20.3 Å². The molecule has 0 aromatic heterocycles. The summed E-state index contributed by atoms with van der Waals surface area (Å²) in [6.45, 7) is 3.47. The zero-order chi connectivity index (χ0) is 13.7. The van der Waals surface area contributed by atoms with E-state index in [1.165, 1.54) is 0 Å². The van der Waals surface area contributed by atoms with Gasteiger partial charge < -0.3 is 9.47 Å². The number of hydrogen-bond donors (Lipinski definition) is 0. The average molecular weight is 279 g/mol. The van der Waals surface area contributed by atoms with E-state index in [0.29, 0.717) is 13.2 Å². The van der Waals surface area contributed by atoms with Crippen LogP contribution in [0, 0.1) is 0 Å². The summed E-state index contributed by atoms with van der Waals surface area (Å²) in [5.41, 5.74) is 1.13. The van der Waals surface area contributed by atoms with E-state index in [1.807, 2.05) is 24.3 Å². The second-order valence-corrected chi connectivity index (χ2v) is 4.82. The lowest BCUT2D eigenvalue weighted by Crippen LogP contribution is -2.02. The van der Waals surface area contributed by atoms with Crippen LogP contribution in [0.25, 0.3) is 10.8 Å². The maximum absolute atomic E-state index is 6.42. The van der Waals surface area contributed by atoms with Crippen LogP contribution in [0.15, 0.2) is 30.3 Å². The van der Waals surface area contributed by atoms with E-state index in [-0.39, 0.29) is 0 Å². The number of aryl methyl sites for hydroxylation is 1. The highest BCUT2D eigenvalue weighted by Crippen LogP contribution is 2.35. The molecule has 0 saturated heterocycles. The van der Waals surface area contributed by atoms with Crippen molar-refractivity contribution in [3.05, 3.63) is 40.9 Å². The summed E-state index contributed by atoms with van der Waals surface area (Å²) >= 11 is 6.42. The van der Waals surface area contributed by atoms with Gasteiger partial charge in [-0.2, -0.15) is 0 Å². The highest BCUT2D eigenvalue weighted by Gasteiger charge is 2.10. The Hall–Kier alpha value is -1.25. The minimum Gasteiger partial charge on any atom is -0.493 e. The number of halogens is 1. The van der Waals surface area contributed by atoms with Crippen molar-refractivity contribution < 1.29 is 9.47 Å². The number of fused-ring (bicyclic) bond motifs is 1. The highest BCUT2D eigenvalue weighted by molar-refractivity contribution is 6.36. The monoisotopic (exact) mass is 278 g/mol. The van der Waals surface area contributed by atoms with Gasteiger partial charge in [0.1, 0.15) is 5.75 Å². The van der Waals surface area contributed by atoms with Gasteiger partial charge in [-0.1, -0.05) is 42.8 Å². The molecule has 2 rings (SSSR count). The number of benzene rings is 2. The Labute approximate surface area is 119 Å². The van der Waals surface area contributed by atoms with Crippen LogP contribution in [-0.4, -0.2) is 20.3 Å². The molecule has 0 radical (unpaired) electrons. The van der Waals surface area contributed by atoms with Gasteiger partial charge in [0.2, 0.25) is 0 Å². The largest absolute Gasteiger partial charge is 0.493 e. The van der Waals surface area contributed by atoms with Gasteiger partial charge >= 0.3 is 0 Å². The van der Waals surface area contributed by atoms with Crippen LogP contribution in [0.3, 0.4) is 0 Å². The molecule has 0 aliphatic heterocycles. The van der Waals surface area contributed by atoms with Crippen molar-refractivity contribution in [1.82, 2.24) is 0 Å². The van der Waals surface area contributed by atoms with Gasteiger partial charge in [0, 0.05) is 30.9 Å². The molecule has 0 fully saturated rings. The summed E-state index contributed by atoms with van der Waals surface area (Å²) < 4.78 is 10.9. The van der Waals surface area contributed by atoms with Crippen LogP contribution in [-0.2, 0) is 11.2 Å². The molecular formula is C16H19ClO2. The summed E-state index contributed by atoms with van der Waals surface area (Å²) in [5, 5.41) is 2.97. The van der Waals surface area contributed by atoms with Crippen LogP contribution in [0.2, 0.25) is 5.02 Å². The third-order valence-corrected chi connectivity index (χ3v) is 3.59. The maximum atomic E-state index is 6.42. The van der Waals surface area contributed by atoms with Gasteiger partial charge in [-0.15, -0.1) is 0 Å². The fourth-order valence-corrected chi connectivity index (χ4v) is 2.48. The van der Waals surface area contributed by atoms with Gasteiger partial charge in [-0.25, -0.2) is 0 Å². The van der Waals surface area contributed by atoms with Gasteiger partial charge in [0.05, 0.1) is 11.6 Å². The molecule has 0 atom stereocenters. The van der Waals surface area contributed by atoms with E-state index in [2.05, 4.69) is 13.0 Å². The number of rotatable bonds is 6. The first-order chi connectivity index (χ1) is 9.27. The van der Waals surface area contributed by atoms with Crippen LogP contribution in [0.4, 0.5) is 0 Å². The van der Waals surface area contributed by atoms with E-state index >= 15 is 0 Å². The second kappa shape index (κ2) is 6.78. The van der Waals surface area contributed by atoms with Crippen molar-refractivity contribution >= 4 is 22.4 Å². The lowest BCUT2D eigenvalue weighted by molar-refractivity contribution is 0.172. The molecule has 0 aliphatic rings. The molecule has 0 heterocycles. The van der Waals surface area contributed by atoms with Gasteiger partial charge in [-0.05, 0) is 18.1 Å². The second-order valence-electron chi connectivity index (χ2n) is 4.44. The van der Waals surface area contributed by atoms with E-state index in [9.17, 15) is 0 Å². The van der Waals surface area contributed by atoms with Gasteiger partial charge in [-0.3, -0.25) is 0 Å². The predicted octanol–water partition coefficient (Wildman–Crippen LogP) is 4.47.